The van der Waals surface area contributed by atoms with Gasteiger partial charge in [-0.25, -0.2) is 4.79 Å². The van der Waals surface area contributed by atoms with Gasteiger partial charge in [0.2, 0.25) is 0 Å². The molecule has 1 aliphatic rings. The zero-order valence-corrected chi connectivity index (χ0v) is 9.72. The van der Waals surface area contributed by atoms with Gasteiger partial charge in [0.15, 0.2) is 0 Å². The van der Waals surface area contributed by atoms with Gasteiger partial charge in [0.1, 0.15) is 6.10 Å². The third-order valence-corrected chi connectivity index (χ3v) is 2.50. The van der Waals surface area contributed by atoms with Crippen LogP contribution in [0.2, 0.25) is 0 Å². The second-order valence-corrected chi connectivity index (χ2v) is 3.94. The normalized spacial score (nSPS) is 17.9. The minimum Gasteiger partial charge on any atom is -0.445 e. The number of hydrogen-bond donors (Lipinski definition) is 1. The lowest BCUT2D eigenvalue weighted by atomic mass is 10.1. The van der Waals surface area contributed by atoms with Crippen molar-refractivity contribution in [2.75, 3.05) is 6.54 Å². The highest BCUT2D eigenvalue weighted by Crippen LogP contribution is 2.11. The van der Waals surface area contributed by atoms with Crippen LogP contribution in [0, 0.1) is 0 Å². The number of rotatable bonds is 0. The van der Waals surface area contributed by atoms with Crippen molar-refractivity contribution in [2.45, 2.75) is 13.0 Å². The standard InChI is InChI=1S/C10H8.C4H7NO2/c1-2-6-10-8-4-3-7-9(10)5-1;1-3-2-5-4(6)7-3/h1-8H;3H,2H2,1H3,(H,5,6). The van der Waals surface area contributed by atoms with Crippen molar-refractivity contribution in [3.8, 4) is 0 Å². The van der Waals surface area contributed by atoms with Crippen LogP contribution in [0.15, 0.2) is 48.5 Å². The Labute approximate surface area is 100 Å². The van der Waals surface area contributed by atoms with Gasteiger partial charge in [-0.1, -0.05) is 48.5 Å². The van der Waals surface area contributed by atoms with Crippen molar-refractivity contribution in [3.63, 3.8) is 0 Å². The molecule has 0 aliphatic carbocycles. The molecule has 0 spiro atoms. The molecule has 1 atom stereocenters. The van der Waals surface area contributed by atoms with E-state index in [-0.39, 0.29) is 12.2 Å². The van der Waals surface area contributed by atoms with E-state index in [1.165, 1.54) is 10.8 Å². The van der Waals surface area contributed by atoms with Crippen molar-refractivity contribution in [3.05, 3.63) is 48.5 Å². The maximum atomic E-state index is 10.1. The summed E-state index contributed by atoms with van der Waals surface area (Å²) in [6.45, 7) is 2.50. The molecule has 1 heterocycles. The van der Waals surface area contributed by atoms with Crippen LogP contribution in [-0.4, -0.2) is 18.7 Å². The monoisotopic (exact) mass is 229 g/mol. The average Bonchev–Trinajstić information content (AvgIpc) is 2.74. The summed E-state index contributed by atoms with van der Waals surface area (Å²) in [5.74, 6) is 0. The Morgan fingerprint density at radius 3 is 1.76 bits per heavy atom. The van der Waals surface area contributed by atoms with E-state index in [2.05, 4.69) is 58.6 Å². The van der Waals surface area contributed by atoms with Crippen LogP contribution in [0.1, 0.15) is 6.92 Å². The highest BCUT2D eigenvalue weighted by Gasteiger charge is 2.16. The van der Waals surface area contributed by atoms with Crippen LogP contribution in [0.5, 0.6) is 0 Å². The zero-order chi connectivity index (χ0) is 12.1. The fraction of sp³-hybridized carbons (Fsp3) is 0.214. The molecule has 3 rings (SSSR count). The molecule has 3 nitrogen and oxygen atoms in total. The maximum absolute atomic E-state index is 10.1. The molecule has 1 aliphatic heterocycles. The van der Waals surface area contributed by atoms with Crippen molar-refractivity contribution in [1.82, 2.24) is 5.32 Å². The average molecular weight is 229 g/mol. The highest BCUT2D eigenvalue weighted by molar-refractivity contribution is 5.82. The van der Waals surface area contributed by atoms with E-state index >= 15 is 0 Å². The number of alkyl carbamates (subject to hydrolysis) is 1. The number of hydrogen-bond acceptors (Lipinski definition) is 2. The van der Waals surface area contributed by atoms with Crippen LogP contribution in [0.25, 0.3) is 10.8 Å². The van der Waals surface area contributed by atoms with E-state index in [9.17, 15) is 4.79 Å². The molecule has 1 fully saturated rings. The topological polar surface area (TPSA) is 38.3 Å². The molecule has 2 aromatic carbocycles. The molecule has 0 radical (unpaired) electrons. The summed E-state index contributed by atoms with van der Waals surface area (Å²) in [7, 11) is 0. The molecule has 3 heteroatoms. The number of carbonyl (C=O) groups is 1. The molecule has 17 heavy (non-hydrogen) atoms. The molecule has 1 unspecified atom stereocenters. The molecule has 1 N–H and O–H groups in total. The van der Waals surface area contributed by atoms with Crippen molar-refractivity contribution in [2.24, 2.45) is 0 Å². The lowest BCUT2D eigenvalue weighted by Crippen LogP contribution is -2.12. The quantitative estimate of drug-likeness (QED) is 0.754. The number of fused-ring (bicyclic) bond motifs is 1. The largest absolute Gasteiger partial charge is 0.445 e. The molecule has 0 bridgehead atoms. The first-order valence-electron chi connectivity index (χ1n) is 5.64. The Bertz CT molecular complexity index is 445. The van der Waals surface area contributed by atoms with Crippen LogP contribution >= 0.6 is 0 Å². The Balaban J connectivity index is 0.000000136. The van der Waals surface area contributed by atoms with Crippen LogP contribution in [0.4, 0.5) is 4.79 Å². The maximum Gasteiger partial charge on any atom is 0.407 e. The smallest absolute Gasteiger partial charge is 0.407 e. The van der Waals surface area contributed by atoms with E-state index < -0.39 is 0 Å². The highest BCUT2D eigenvalue weighted by atomic mass is 16.6. The molecule has 88 valence electrons. The predicted molar refractivity (Wildman–Crippen MR) is 67.9 cm³/mol. The lowest BCUT2D eigenvalue weighted by molar-refractivity contribution is 0.148. The molecule has 0 saturated carbocycles. The summed E-state index contributed by atoms with van der Waals surface area (Å²) < 4.78 is 4.61. The minimum atomic E-state index is -0.299. The predicted octanol–water partition coefficient (Wildman–Crippen LogP) is 2.95. The van der Waals surface area contributed by atoms with Gasteiger partial charge < -0.3 is 10.1 Å². The molecule has 0 aromatic heterocycles. The minimum absolute atomic E-state index is 0.0625. The Morgan fingerprint density at radius 1 is 1.06 bits per heavy atom. The number of nitrogens with one attached hydrogen (secondary N) is 1. The van der Waals surface area contributed by atoms with Gasteiger partial charge in [0, 0.05) is 0 Å². The first-order chi connectivity index (χ1) is 8.25. The van der Waals surface area contributed by atoms with Gasteiger partial charge in [-0.15, -0.1) is 0 Å². The van der Waals surface area contributed by atoms with Gasteiger partial charge in [-0.3, -0.25) is 0 Å². The van der Waals surface area contributed by atoms with E-state index in [4.69, 9.17) is 0 Å². The number of benzene rings is 2. The van der Waals surface area contributed by atoms with Gasteiger partial charge in [0.25, 0.3) is 0 Å². The second-order valence-electron chi connectivity index (χ2n) is 3.94. The van der Waals surface area contributed by atoms with Gasteiger partial charge in [-0.05, 0) is 17.7 Å². The number of carbonyl (C=O) groups excluding carboxylic acids is 1. The fourth-order valence-corrected chi connectivity index (χ4v) is 1.63. The third kappa shape index (κ3) is 3.21. The first-order valence-corrected chi connectivity index (χ1v) is 5.64. The molecule has 2 aromatic rings. The van der Waals surface area contributed by atoms with E-state index in [1.54, 1.807) is 0 Å². The Morgan fingerprint density at radius 2 is 1.53 bits per heavy atom. The van der Waals surface area contributed by atoms with Crippen molar-refractivity contribution >= 4 is 16.9 Å². The lowest BCUT2D eigenvalue weighted by Gasteiger charge is -1.92. The third-order valence-electron chi connectivity index (χ3n) is 2.50. The summed E-state index contributed by atoms with van der Waals surface area (Å²) in [4.78, 5) is 10.1. The van der Waals surface area contributed by atoms with Gasteiger partial charge in [0.05, 0.1) is 6.54 Å². The van der Waals surface area contributed by atoms with Crippen LogP contribution in [-0.2, 0) is 4.74 Å². The summed E-state index contributed by atoms with van der Waals surface area (Å²) in [5.41, 5.74) is 0. The number of ether oxygens (including phenoxy) is 1. The van der Waals surface area contributed by atoms with Crippen molar-refractivity contribution < 1.29 is 9.53 Å². The van der Waals surface area contributed by atoms with E-state index in [0.29, 0.717) is 6.54 Å². The molecular formula is C14H15NO2. The van der Waals surface area contributed by atoms with Crippen molar-refractivity contribution in [1.29, 1.82) is 0 Å². The zero-order valence-electron chi connectivity index (χ0n) is 9.72. The van der Waals surface area contributed by atoms with Gasteiger partial charge >= 0.3 is 6.09 Å². The van der Waals surface area contributed by atoms with Crippen LogP contribution < -0.4 is 5.32 Å². The summed E-state index contributed by atoms with van der Waals surface area (Å²) >= 11 is 0. The van der Waals surface area contributed by atoms with Crippen LogP contribution in [0.3, 0.4) is 0 Å². The molecular weight excluding hydrogens is 214 g/mol. The molecule has 1 saturated heterocycles. The van der Waals surface area contributed by atoms with Gasteiger partial charge in [-0.2, -0.15) is 0 Å². The van der Waals surface area contributed by atoms with E-state index in [0.717, 1.165) is 0 Å². The summed E-state index contributed by atoms with van der Waals surface area (Å²) in [6, 6.07) is 16.7. The van der Waals surface area contributed by atoms with E-state index in [1.807, 2.05) is 6.92 Å². The fourth-order valence-electron chi connectivity index (χ4n) is 1.63. The Hall–Kier alpha value is -2.03. The number of amides is 1. The Kier molecular flexibility index (Phi) is 3.60. The summed E-state index contributed by atoms with van der Waals surface area (Å²) in [6.07, 6.45) is -0.236. The first kappa shape index (κ1) is 11.5. The molecule has 1 amide bonds. The SMILES string of the molecule is CC1CNC(=O)O1.c1ccc2ccccc2c1. The second kappa shape index (κ2) is 5.34. The number of cyclic esters (lactones) is 1. The summed E-state index contributed by atoms with van der Waals surface area (Å²) in [5, 5.41) is 5.13.